The first-order chi connectivity index (χ1) is 12.0. The highest BCUT2D eigenvalue weighted by Gasteiger charge is 2.25. The van der Waals surface area contributed by atoms with Gasteiger partial charge in [0, 0.05) is 19.2 Å². The number of amides is 1. The van der Waals surface area contributed by atoms with Crippen molar-refractivity contribution in [1.29, 1.82) is 0 Å². The van der Waals surface area contributed by atoms with Crippen LogP contribution in [0.3, 0.4) is 0 Å². The van der Waals surface area contributed by atoms with E-state index in [2.05, 4.69) is 28.4 Å². The van der Waals surface area contributed by atoms with Crippen molar-refractivity contribution in [3.8, 4) is 5.75 Å². The molecule has 1 unspecified atom stereocenters. The number of para-hydroxylation sites is 2. The maximum absolute atomic E-state index is 12.1. The van der Waals surface area contributed by atoms with Crippen LogP contribution in [0.2, 0.25) is 0 Å². The lowest BCUT2D eigenvalue weighted by Gasteiger charge is -2.37. The number of aryl methyl sites for hydroxylation is 1. The van der Waals surface area contributed by atoms with Gasteiger partial charge in [-0.3, -0.25) is 9.69 Å². The highest BCUT2D eigenvalue weighted by Crippen LogP contribution is 2.32. The Kier molecular flexibility index (Phi) is 5.23. The summed E-state index contributed by atoms with van der Waals surface area (Å²) in [5.41, 5.74) is 1.13. The number of ether oxygens (including phenoxy) is 1. The fraction of sp³-hybridized carbons (Fsp3) is 0.444. The standard InChI is InChI=1S/C18H24N4O3/c1-4-22-11-14(24-16-8-6-5-7-15(16)22)10-21(3)12-18(23)19-17-9-13(2)25-20-17/h5-9,14H,4,10-12H2,1-3H3,(H,19,20,23). The zero-order chi connectivity index (χ0) is 17.8. The van der Waals surface area contributed by atoms with Gasteiger partial charge >= 0.3 is 0 Å². The molecule has 0 fully saturated rings. The molecular formula is C18H24N4O3. The number of carbonyl (C=O) groups excluding carboxylic acids is 1. The summed E-state index contributed by atoms with van der Waals surface area (Å²) in [6.45, 7) is 6.58. The lowest BCUT2D eigenvalue weighted by atomic mass is 10.2. The minimum atomic E-state index is -0.126. The topological polar surface area (TPSA) is 70.8 Å². The van der Waals surface area contributed by atoms with Gasteiger partial charge in [-0.1, -0.05) is 17.3 Å². The van der Waals surface area contributed by atoms with Crippen molar-refractivity contribution in [2.24, 2.45) is 0 Å². The third-order valence-electron chi connectivity index (χ3n) is 4.13. The maximum atomic E-state index is 12.1. The van der Waals surface area contributed by atoms with E-state index in [9.17, 15) is 4.79 Å². The molecule has 7 nitrogen and oxygen atoms in total. The second kappa shape index (κ2) is 7.57. The SMILES string of the molecule is CCN1CC(CN(C)CC(=O)Nc2cc(C)on2)Oc2ccccc21. The van der Waals surface area contributed by atoms with Gasteiger partial charge in [0.15, 0.2) is 5.82 Å². The molecule has 1 aromatic carbocycles. The summed E-state index contributed by atoms with van der Waals surface area (Å²) in [5.74, 6) is 1.88. The van der Waals surface area contributed by atoms with Gasteiger partial charge in [0.2, 0.25) is 5.91 Å². The molecular weight excluding hydrogens is 320 g/mol. The van der Waals surface area contributed by atoms with Crippen LogP contribution in [0.15, 0.2) is 34.9 Å². The first-order valence-corrected chi connectivity index (χ1v) is 8.47. The van der Waals surface area contributed by atoms with E-state index in [4.69, 9.17) is 9.26 Å². The molecule has 3 rings (SSSR count). The number of nitrogens with one attached hydrogen (secondary N) is 1. The summed E-state index contributed by atoms with van der Waals surface area (Å²) in [7, 11) is 1.91. The Morgan fingerprint density at radius 3 is 2.96 bits per heavy atom. The highest BCUT2D eigenvalue weighted by atomic mass is 16.5. The molecule has 1 amide bonds. The minimum Gasteiger partial charge on any atom is -0.485 e. The zero-order valence-corrected chi connectivity index (χ0v) is 14.9. The Balaban J connectivity index is 1.54. The molecule has 1 N–H and O–H groups in total. The molecule has 0 saturated carbocycles. The minimum absolute atomic E-state index is 0.0157. The van der Waals surface area contributed by atoms with Crippen molar-refractivity contribution in [1.82, 2.24) is 10.1 Å². The summed E-state index contributed by atoms with van der Waals surface area (Å²) in [5, 5.41) is 6.50. The number of anilines is 2. The number of carbonyl (C=O) groups is 1. The first kappa shape index (κ1) is 17.3. The van der Waals surface area contributed by atoms with Crippen molar-refractivity contribution in [2.45, 2.75) is 20.0 Å². The molecule has 0 radical (unpaired) electrons. The molecule has 0 saturated heterocycles. The van der Waals surface area contributed by atoms with Gasteiger partial charge in [0.25, 0.3) is 0 Å². The summed E-state index contributed by atoms with van der Waals surface area (Å²) in [4.78, 5) is 16.4. The van der Waals surface area contributed by atoms with Crippen LogP contribution in [0.4, 0.5) is 11.5 Å². The molecule has 0 bridgehead atoms. The quantitative estimate of drug-likeness (QED) is 0.866. The van der Waals surface area contributed by atoms with Crippen molar-refractivity contribution >= 4 is 17.4 Å². The number of benzene rings is 1. The van der Waals surface area contributed by atoms with Crippen LogP contribution >= 0.6 is 0 Å². The van der Waals surface area contributed by atoms with E-state index in [1.54, 1.807) is 13.0 Å². The van der Waals surface area contributed by atoms with E-state index in [1.165, 1.54) is 0 Å². The molecule has 1 aliphatic heterocycles. The Morgan fingerprint density at radius 2 is 2.24 bits per heavy atom. The van der Waals surface area contributed by atoms with Gasteiger partial charge in [-0.25, -0.2) is 0 Å². The molecule has 2 heterocycles. The molecule has 2 aromatic rings. The van der Waals surface area contributed by atoms with Gasteiger partial charge in [-0.2, -0.15) is 0 Å². The second-order valence-corrected chi connectivity index (χ2v) is 6.31. The van der Waals surface area contributed by atoms with Gasteiger partial charge in [-0.05, 0) is 33.0 Å². The van der Waals surface area contributed by atoms with E-state index >= 15 is 0 Å². The van der Waals surface area contributed by atoms with E-state index in [1.807, 2.05) is 30.1 Å². The van der Waals surface area contributed by atoms with Crippen LogP contribution < -0.4 is 15.0 Å². The second-order valence-electron chi connectivity index (χ2n) is 6.31. The third-order valence-corrected chi connectivity index (χ3v) is 4.13. The Labute approximate surface area is 147 Å². The molecule has 1 atom stereocenters. The van der Waals surface area contributed by atoms with Crippen molar-refractivity contribution in [2.75, 3.05) is 43.4 Å². The van der Waals surface area contributed by atoms with E-state index < -0.39 is 0 Å². The van der Waals surface area contributed by atoms with Crippen molar-refractivity contribution < 1.29 is 14.1 Å². The predicted molar refractivity (Wildman–Crippen MR) is 96.1 cm³/mol. The smallest absolute Gasteiger partial charge is 0.239 e. The fourth-order valence-corrected chi connectivity index (χ4v) is 3.04. The van der Waals surface area contributed by atoms with Crippen LogP contribution in [0.25, 0.3) is 0 Å². The van der Waals surface area contributed by atoms with Crippen LogP contribution in [0.1, 0.15) is 12.7 Å². The van der Waals surface area contributed by atoms with Crippen LogP contribution in [0.5, 0.6) is 5.75 Å². The fourth-order valence-electron chi connectivity index (χ4n) is 3.04. The summed E-state index contributed by atoms with van der Waals surface area (Å²) >= 11 is 0. The van der Waals surface area contributed by atoms with Crippen molar-refractivity contribution in [3.63, 3.8) is 0 Å². The number of hydrogen-bond acceptors (Lipinski definition) is 6. The Bertz CT molecular complexity index is 731. The van der Waals surface area contributed by atoms with Crippen LogP contribution in [0, 0.1) is 6.92 Å². The van der Waals surface area contributed by atoms with Crippen molar-refractivity contribution in [3.05, 3.63) is 36.1 Å². The highest BCUT2D eigenvalue weighted by molar-refractivity contribution is 5.91. The lowest BCUT2D eigenvalue weighted by Crippen LogP contribution is -2.46. The van der Waals surface area contributed by atoms with Gasteiger partial charge in [0.1, 0.15) is 17.6 Å². The predicted octanol–water partition coefficient (Wildman–Crippen LogP) is 2.14. The Hall–Kier alpha value is -2.54. The number of nitrogens with zero attached hydrogens (tertiary/aromatic N) is 3. The molecule has 134 valence electrons. The molecule has 25 heavy (non-hydrogen) atoms. The number of hydrogen-bond donors (Lipinski definition) is 1. The normalized spacial score (nSPS) is 16.5. The van der Waals surface area contributed by atoms with E-state index in [0.717, 1.165) is 24.5 Å². The largest absolute Gasteiger partial charge is 0.485 e. The zero-order valence-electron chi connectivity index (χ0n) is 14.9. The number of aromatic nitrogens is 1. The Morgan fingerprint density at radius 1 is 1.44 bits per heavy atom. The van der Waals surface area contributed by atoms with Gasteiger partial charge < -0.3 is 19.5 Å². The van der Waals surface area contributed by atoms with Crippen LogP contribution in [-0.4, -0.2) is 55.3 Å². The molecule has 0 aliphatic carbocycles. The monoisotopic (exact) mass is 344 g/mol. The van der Waals surface area contributed by atoms with E-state index in [0.29, 0.717) is 18.1 Å². The number of rotatable bonds is 6. The average molecular weight is 344 g/mol. The summed E-state index contributed by atoms with van der Waals surface area (Å²) in [6, 6.07) is 9.76. The third kappa shape index (κ3) is 4.30. The maximum Gasteiger partial charge on any atom is 0.239 e. The lowest BCUT2D eigenvalue weighted by molar-refractivity contribution is -0.117. The number of likely N-dealkylation sites (N-methyl/N-ethyl adjacent to an activating group) is 2. The average Bonchev–Trinajstić information content (AvgIpc) is 2.98. The van der Waals surface area contributed by atoms with Gasteiger partial charge in [-0.15, -0.1) is 0 Å². The first-order valence-electron chi connectivity index (χ1n) is 8.47. The van der Waals surface area contributed by atoms with Gasteiger partial charge in [0.05, 0.1) is 18.8 Å². The molecule has 1 aliphatic rings. The molecule has 1 aromatic heterocycles. The number of fused-ring (bicyclic) bond motifs is 1. The van der Waals surface area contributed by atoms with E-state index in [-0.39, 0.29) is 18.6 Å². The summed E-state index contributed by atoms with van der Waals surface area (Å²) in [6.07, 6.45) is 0.0157. The van der Waals surface area contributed by atoms with Crippen LogP contribution in [-0.2, 0) is 4.79 Å². The molecule has 0 spiro atoms. The summed E-state index contributed by atoms with van der Waals surface area (Å²) < 4.78 is 11.0. The molecule has 7 heteroatoms.